The maximum absolute atomic E-state index is 5.34. The monoisotopic (exact) mass is 661 g/mol. The van der Waals surface area contributed by atoms with Crippen LogP contribution in [-0.4, -0.2) is 4.98 Å². The van der Waals surface area contributed by atoms with Crippen molar-refractivity contribution in [3.8, 4) is 78.1 Å². The summed E-state index contributed by atoms with van der Waals surface area (Å²) in [4.78, 5) is 5.34. The van der Waals surface area contributed by atoms with Crippen molar-refractivity contribution in [2.75, 3.05) is 0 Å². The molecule has 0 amide bonds. The van der Waals surface area contributed by atoms with Gasteiger partial charge < -0.3 is 0 Å². The topological polar surface area (TPSA) is 12.9 Å². The van der Waals surface area contributed by atoms with Crippen molar-refractivity contribution in [1.82, 2.24) is 4.98 Å². The van der Waals surface area contributed by atoms with E-state index < -0.39 is 0 Å². The van der Waals surface area contributed by atoms with E-state index in [1.165, 1.54) is 55.5 Å². The Balaban J connectivity index is 1.06. The van der Waals surface area contributed by atoms with Crippen LogP contribution in [0.1, 0.15) is 0 Å². The summed E-state index contributed by atoms with van der Waals surface area (Å²) in [5.74, 6) is 0. The Kier molecular flexibility index (Phi) is 8.29. The summed E-state index contributed by atoms with van der Waals surface area (Å²) < 4.78 is 0. The molecule has 0 atom stereocenters. The normalized spacial score (nSPS) is 11.1. The van der Waals surface area contributed by atoms with Crippen LogP contribution < -0.4 is 0 Å². The van der Waals surface area contributed by atoms with Crippen molar-refractivity contribution in [1.29, 1.82) is 0 Å². The molecule has 0 saturated carbocycles. The molecule has 0 unspecified atom stereocenters. The van der Waals surface area contributed by atoms with E-state index >= 15 is 0 Å². The molecule has 9 rings (SSSR count). The molecule has 0 aliphatic rings. The van der Waals surface area contributed by atoms with Crippen molar-refractivity contribution in [2.45, 2.75) is 0 Å². The molecule has 0 aliphatic carbocycles. The number of aromatic nitrogens is 1. The smallest absolute Gasteiger partial charge is 0.0788 e. The van der Waals surface area contributed by atoms with Crippen LogP contribution in [0.4, 0.5) is 0 Å². The highest BCUT2D eigenvalue weighted by atomic mass is 14.7. The van der Waals surface area contributed by atoms with Gasteiger partial charge in [-0.2, -0.15) is 0 Å². The van der Waals surface area contributed by atoms with Crippen LogP contribution in [0.5, 0.6) is 0 Å². The van der Waals surface area contributed by atoms with Crippen molar-refractivity contribution in [3.63, 3.8) is 0 Å². The Morgan fingerprint density at radius 2 is 0.558 bits per heavy atom. The summed E-state index contributed by atoms with van der Waals surface area (Å²) in [5, 5.41) is 2.32. The van der Waals surface area contributed by atoms with Gasteiger partial charge in [-0.3, -0.25) is 0 Å². The summed E-state index contributed by atoms with van der Waals surface area (Å²) in [6.45, 7) is 0. The zero-order chi connectivity index (χ0) is 34.7. The highest BCUT2D eigenvalue weighted by molar-refractivity contribution is 5.97. The molecule has 0 bridgehead atoms. The lowest BCUT2D eigenvalue weighted by Crippen LogP contribution is -1.92. The molecule has 9 aromatic rings. The van der Waals surface area contributed by atoms with Crippen LogP contribution in [0.15, 0.2) is 212 Å². The number of pyridine rings is 1. The second-order valence-corrected chi connectivity index (χ2v) is 13.2. The summed E-state index contributed by atoms with van der Waals surface area (Å²) in [5.41, 5.74) is 16.1. The van der Waals surface area contributed by atoms with E-state index in [0.29, 0.717) is 0 Å². The Morgan fingerprint density at radius 1 is 0.231 bits per heavy atom. The van der Waals surface area contributed by atoms with Crippen molar-refractivity contribution in [3.05, 3.63) is 212 Å². The molecule has 0 aliphatic heterocycles. The van der Waals surface area contributed by atoms with Crippen LogP contribution in [0.2, 0.25) is 0 Å². The molecule has 0 saturated heterocycles. The third-order valence-electron chi connectivity index (χ3n) is 9.84. The quantitative estimate of drug-likeness (QED) is 0.166. The SMILES string of the molecule is c1ccc(-c2cccc(-c3cccc(-c4cccc(-c5cccc(-c6cc7ccccc7c(-c7cccc(-c8ccccc8)c7)n6)c5)c4)c3)c2)cc1. The van der Waals surface area contributed by atoms with Crippen LogP contribution >= 0.6 is 0 Å². The van der Waals surface area contributed by atoms with Crippen molar-refractivity contribution >= 4 is 10.8 Å². The Morgan fingerprint density at radius 3 is 1.04 bits per heavy atom. The molecular formula is C51H35N. The van der Waals surface area contributed by atoms with Crippen molar-refractivity contribution in [2.24, 2.45) is 0 Å². The van der Waals surface area contributed by atoms with Gasteiger partial charge in [0.25, 0.3) is 0 Å². The second kappa shape index (κ2) is 13.8. The summed E-state index contributed by atoms with van der Waals surface area (Å²) in [6.07, 6.45) is 0. The van der Waals surface area contributed by atoms with Crippen LogP contribution in [0.3, 0.4) is 0 Å². The maximum atomic E-state index is 5.34. The van der Waals surface area contributed by atoms with Crippen LogP contribution in [0, 0.1) is 0 Å². The number of fused-ring (bicyclic) bond motifs is 1. The first-order valence-corrected chi connectivity index (χ1v) is 17.8. The third-order valence-corrected chi connectivity index (χ3v) is 9.84. The standard InChI is InChI=1S/C51H35N/c1-3-14-36(15-4-1)38-19-9-21-40(30-38)41-22-10-23-42(31-41)43-24-11-25-44(32-43)45-26-12-27-47(33-45)50-35-46-18-7-8-29-49(46)51(52-50)48-28-13-20-39(34-48)37-16-5-2-6-17-37/h1-35H. The molecule has 244 valence electrons. The fraction of sp³-hybridized carbons (Fsp3) is 0. The minimum absolute atomic E-state index is 0.960. The zero-order valence-corrected chi connectivity index (χ0v) is 28.7. The first-order valence-electron chi connectivity index (χ1n) is 17.8. The summed E-state index contributed by atoms with van der Waals surface area (Å²) in [7, 11) is 0. The molecule has 1 heterocycles. The van der Waals surface area contributed by atoms with E-state index in [9.17, 15) is 0 Å². The van der Waals surface area contributed by atoms with E-state index in [1.54, 1.807) is 0 Å². The van der Waals surface area contributed by atoms with Crippen LogP contribution in [-0.2, 0) is 0 Å². The number of nitrogens with zero attached hydrogens (tertiary/aromatic N) is 1. The zero-order valence-electron chi connectivity index (χ0n) is 28.7. The maximum Gasteiger partial charge on any atom is 0.0788 e. The van der Waals surface area contributed by atoms with Gasteiger partial charge >= 0.3 is 0 Å². The Bertz CT molecular complexity index is 2670. The Hall–Kier alpha value is -6.83. The van der Waals surface area contributed by atoms with Gasteiger partial charge in [0.05, 0.1) is 11.4 Å². The number of benzene rings is 8. The molecule has 1 nitrogen and oxygen atoms in total. The third kappa shape index (κ3) is 6.33. The largest absolute Gasteiger partial charge is 0.247 e. The lowest BCUT2D eigenvalue weighted by atomic mass is 9.94. The molecule has 8 aromatic carbocycles. The fourth-order valence-electron chi connectivity index (χ4n) is 7.17. The van der Waals surface area contributed by atoms with E-state index in [2.05, 4.69) is 212 Å². The van der Waals surface area contributed by atoms with Crippen molar-refractivity contribution < 1.29 is 0 Å². The van der Waals surface area contributed by atoms with Gasteiger partial charge in [-0.25, -0.2) is 4.98 Å². The van der Waals surface area contributed by atoms with E-state index in [1.807, 2.05) is 0 Å². The van der Waals surface area contributed by atoms with Crippen LogP contribution in [0.25, 0.3) is 88.9 Å². The molecule has 0 radical (unpaired) electrons. The average Bonchev–Trinajstić information content (AvgIpc) is 3.24. The highest BCUT2D eigenvalue weighted by Gasteiger charge is 2.13. The molecular weight excluding hydrogens is 627 g/mol. The molecule has 0 spiro atoms. The molecule has 0 N–H and O–H groups in total. The molecule has 1 aromatic heterocycles. The van der Waals surface area contributed by atoms with Gasteiger partial charge in [-0.15, -0.1) is 0 Å². The predicted octanol–water partition coefficient (Wildman–Crippen LogP) is 13.9. The molecule has 52 heavy (non-hydrogen) atoms. The highest BCUT2D eigenvalue weighted by Crippen LogP contribution is 2.36. The molecule has 0 fully saturated rings. The Labute approximate surface area is 305 Å². The first-order chi connectivity index (χ1) is 25.7. The number of rotatable bonds is 7. The lowest BCUT2D eigenvalue weighted by Gasteiger charge is -2.13. The van der Waals surface area contributed by atoms with Gasteiger partial charge in [0.1, 0.15) is 0 Å². The van der Waals surface area contributed by atoms with Gasteiger partial charge in [0.2, 0.25) is 0 Å². The second-order valence-electron chi connectivity index (χ2n) is 13.2. The molecule has 1 heteroatoms. The van der Waals surface area contributed by atoms with Gasteiger partial charge in [0.15, 0.2) is 0 Å². The number of hydrogen-bond acceptors (Lipinski definition) is 1. The first kappa shape index (κ1) is 31.2. The lowest BCUT2D eigenvalue weighted by molar-refractivity contribution is 1.35. The predicted molar refractivity (Wildman–Crippen MR) is 220 cm³/mol. The summed E-state index contributed by atoms with van der Waals surface area (Å²) >= 11 is 0. The van der Waals surface area contributed by atoms with E-state index in [-0.39, 0.29) is 0 Å². The average molecular weight is 662 g/mol. The number of hydrogen-bond donors (Lipinski definition) is 0. The van der Waals surface area contributed by atoms with Gasteiger partial charge in [0, 0.05) is 16.5 Å². The minimum Gasteiger partial charge on any atom is -0.247 e. The fourth-order valence-corrected chi connectivity index (χ4v) is 7.17. The van der Waals surface area contributed by atoms with E-state index in [0.717, 1.165) is 33.5 Å². The minimum atomic E-state index is 0.960. The van der Waals surface area contributed by atoms with Gasteiger partial charge in [-0.05, 0) is 97.4 Å². The van der Waals surface area contributed by atoms with Gasteiger partial charge in [-0.1, -0.05) is 176 Å². The summed E-state index contributed by atoms with van der Waals surface area (Å²) in [6, 6.07) is 75.9. The van der Waals surface area contributed by atoms with E-state index in [4.69, 9.17) is 4.98 Å².